The van der Waals surface area contributed by atoms with E-state index >= 15 is 0 Å². The third kappa shape index (κ3) is 4.46. The van der Waals surface area contributed by atoms with E-state index in [0.717, 1.165) is 48.2 Å². The Hall–Kier alpha value is -3.19. The summed E-state index contributed by atoms with van der Waals surface area (Å²) >= 11 is 0. The van der Waals surface area contributed by atoms with Crippen molar-refractivity contribution in [1.82, 2.24) is 15.3 Å². The molecule has 7 heteroatoms. The molecule has 31 heavy (non-hydrogen) atoms. The number of aromatic hydroxyl groups is 1. The maximum absolute atomic E-state index is 12.0. The molecule has 1 fully saturated rings. The van der Waals surface area contributed by atoms with Crippen LogP contribution in [-0.2, 0) is 4.79 Å². The van der Waals surface area contributed by atoms with Gasteiger partial charge in [0.15, 0.2) is 5.82 Å². The summed E-state index contributed by atoms with van der Waals surface area (Å²) in [6.45, 7) is 5.28. The number of nitrogens with zero attached hydrogens (tertiary/aromatic N) is 3. The molecule has 164 valence electrons. The Balaban J connectivity index is 0.00000289. The monoisotopic (exact) mass is 422 g/mol. The van der Waals surface area contributed by atoms with E-state index in [4.69, 9.17) is 9.97 Å². The lowest BCUT2D eigenvalue weighted by Gasteiger charge is -2.34. The molecule has 0 bridgehead atoms. The number of aliphatic hydroxyl groups is 1. The molecule has 1 amide bonds. The van der Waals surface area contributed by atoms with Crippen molar-refractivity contribution in [2.24, 2.45) is 0 Å². The van der Waals surface area contributed by atoms with Crippen molar-refractivity contribution in [3.05, 3.63) is 48.0 Å². The Bertz CT molecular complexity index is 1100. The van der Waals surface area contributed by atoms with E-state index in [1.54, 1.807) is 19.1 Å². The standard InChI is InChI=1S/C24H28N4O3.H2/c1-3-20(29)24(31)25-16-10-12-28(13-11-16)23-17-9-8-15(2)14-19(17)26-22(27-23)18-6-4-5-7-21(18)30;/h4-9,14,16,20,29-30H,3,10-13H2,1-2H3,(H,25,31);1H/t20-;/m1./s1. The zero-order valence-corrected chi connectivity index (χ0v) is 17.9. The summed E-state index contributed by atoms with van der Waals surface area (Å²) in [6, 6.07) is 13.3. The average Bonchev–Trinajstić information content (AvgIpc) is 2.78. The van der Waals surface area contributed by atoms with Crippen LogP contribution in [0.2, 0.25) is 0 Å². The van der Waals surface area contributed by atoms with Crippen molar-refractivity contribution < 1.29 is 16.4 Å². The highest BCUT2D eigenvalue weighted by Gasteiger charge is 2.25. The Labute approximate surface area is 183 Å². The molecule has 1 atom stereocenters. The van der Waals surface area contributed by atoms with Crippen LogP contribution in [0.3, 0.4) is 0 Å². The molecule has 2 aromatic carbocycles. The van der Waals surface area contributed by atoms with Crippen LogP contribution >= 0.6 is 0 Å². The number of para-hydroxylation sites is 1. The van der Waals surface area contributed by atoms with Gasteiger partial charge in [0.1, 0.15) is 17.7 Å². The predicted octanol–water partition coefficient (Wildman–Crippen LogP) is 3.41. The van der Waals surface area contributed by atoms with E-state index in [9.17, 15) is 15.0 Å². The summed E-state index contributed by atoms with van der Waals surface area (Å²) in [6.07, 6.45) is 0.997. The van der Waals surface area contributed by atoms with Crippen molar-refractivity contribution in [1.29, 1.82) is 0 Å². The lowest BCUT2D eigenvalue weighted by Crippen LogP contribution is -2.47. The van der Waals surface area contributed by atoms with Crippen LogP contribution in [0.25, 0.3) is 22.3 Å². The highest BCUT2D eigenvalue weighted by molar-refractivity contribution is 5.92. The molecule has 0 unspecified atom stereocenters. The van der Waals surface area contributed by atoms with Crippen molar-refractivity contribution in [2.75, 3.05) is 18.0 Å². The molecule has 1 aliphatic rings. The molecule has 3 N–H and O–H groups in total. The minimum atomic E-state index is -0.951. The van der Waals surface area contributed by atoms with E-state index in [0.29, 0.717) is 17.8 Å². The fourth-order valence-electron chi connectivity index (χ4n) is 3.97. The first kappa shape index (κ1) is 21.1. The van der Waals surface area contributed by atoms with E-state index < -0.39 is 6.10 Å². The van der Waals surface area contributed by atoms with E-state index in [1.807, 2.05) is 37.3 Å². The minimum absolute atomic E-state index is 0. The molecule has 1 aromatic heterocycles. The van der Waals surface area contributed by atoms with E-state index in [2.05, 4.69) is 10.2 Å². The van der Waals surface area contributed by atoms with Crippen LogP contribution in [-0.4, -0.2) is 51.3 Å². The van der Waals surface area contributed by atoms with Gasteiger partial charge in [-0.2, -0.15) is 0 Å². The normalized spacial score (nSPS) is 15.8. The number of fused-ring (bicyclic) bond motifs is 1. The van der Waals surface area contributed by atoms with Gasteiger partial charge < -0.3 is 20.4 Å². The summed E-state index contributed by atoms with van der Waals surface area (Å²) in [5.74, 6) is 1.18. The molecule has 4 rings (SSSR count). The average molecular weight is 423 g/mol. The number of aryl methyl sites for hydroxylation is 1. The van der Waals surface area contributed by atoms with Gasteiger partial charge in [0.2, 0.25) is 5.91 Å². The molecule has 1 saturated heterocycles. The summed E-state index contributed by atoms with van der Waals surface area (Å²) in [5, 5.41) is 24.0. The van der Waals surface area contributed by atoms with Gasteiger partial charge in [-0.05, 0) is 56.0 Å². The number of carbonyl (C=O) groups is 1. The van der Waals surface area contributed by atoms with Gasteiger partial charge in [-0.1, -0.05) is 25.1 Å². The van der Waals surface area contributed by atoms with Gasteiger partial charge in [0.25, 0.3) is 0 Å². The smallest absolute Gasteiger partial charge is 0.249 e. The number of benzene rings is 2. The SMILES string of the molecule is CC[C@@H](O)C(=O)NC1CCN(c2nc(-c3ccccc3O)nc3cc(C)ccc23)CC1.[HH]. The summed E-state index contributed by atoms with van der Waals surface area (Å²) in [4.78, 5) is 23.8. The highest BCUT2D eigenvalue weighted by Crippen LogP contribution is 2.33. The Kier molecular flexibility index (Phi) is 6.04. The molecule has 3 aromatic rings. The zero-order valence-electron chi connectivity index (χ0n) is 17.9. The van der Waals surface area contributed by atoms with Gasteiger partial charge in [0, 0.05) is 25.9 Å². The molecule has 7 nitrogen and oxygen atoms in total. The van der Waals surface area contributed by atoms with Crippen LogP contribution in [0, 0.1) is 6.92 Å². The second-order valence-corrected chi connectivity index (χ2v) is 8.10. The number of aliphatic hydroxyl groups excluding tert-OH is 1. The Morgan fingerprint density at radius 2 is 1.97 bits per heavy atom. The van der Waals surface area contributed by atoms with Gasteiger partial charge in [-0.25, -0.2) is 9.97 Å². The Morgan fingerprint density at radius 1 is 1.23 bits per heavy atom. The number of hydrogen-bond acceptors (Lipinski definition) is 6. The van der Waals surface area contributed by atoms with Crippen LogP contribution in [0.1, 0.15) is 33.2 Å². The molecule has 0 saturated carbocycles. The van der Waals surface area contributed by atoms with Crippen LogP contribution in [0.15, 0.2) is 42.5 Å². The number of anilines is 1. The van der Waals surface area contributed by atoms with Gasteiger partial charge in [0.05, 0.1) is 11.1 Å². The number of rotatable bonds is 5. The van der Waals surface area contributed by atoms with E-state index in [-0.39, 0.29) is 19.1 Å². The first-order valence-electron chi connectivity index (χ1n) is 10.8. The third-order valence-electron chi connectivity index (χ3n) is 5.81. The first-order valence-corrected chi connectivity index (χ1v) is 10.8. The molecular weight excluding hydrogens is 392 g/mol. The number of phenols is 1. The number of nitrogens with one attached hydrogen (secondary N) is 1. The van der Waals surface area contributed by atoms with Gasteiger partial charge >= 0.3 is 0 Å². The first-order chi connectivity index (χ1) is 15.0. The molecular formula is C24H30N4O3. The van der Waals surface area contributed by atoms with Crippen molar-refractivity contribution in [3.63, 3.8) is 0 Å². The van der Waals surface area contributed by atoms with E-state index in [1.165, 1.54) is 0 Å². The maximum atomic E-state index is 12.0. The number of aromatic nitrogens is 2. The number of phenolic OH excluding ortho intramolecular Hbond substituents is 1. The number of carbonyl (C=O) groups excluding carboxylic acids is 1. The second-order valence-electron chi connectivity index (χ2n) is 8.10. The number of piperidine rings is 1. The summed E-state index contributed by atoms with van der Waals surface area (Å²) < 4.78 is 0. The van der Waals surface area contributed by atoms with Gasteiger partial charge in [-0.3, -0.25) is 4.79 Å². The lowest BCUT2D eigenvalue weighted by molar-refractivity contribution is -0.130. The van der Waals surface area contributed by atoms with Crippen molar-refractivity contribution >= 4 is 22.6 Å². The lowest BCUT2D eigenvalue weighted by atomic mass is 10.0. The third-order valence-corrected chi connectivity index (χ3v) is 5.81. The molecule has 0 spiro atoms. The maximum Gasteiger partial charge on any atom is 0.249 e. The Morgan fingerprint density at radius 3 is 2.68 bits per heavy atom. The molecule has 0 aliphatic carbocycles. The van der Waals surface area contributed by atoms with Crippen LogP contribution in [0.5, 0.6) is 5.75 Å². The number of amides is 1. The predicted molar refractivity (Wildman–Crippen MR) is 123 cm³/mol. The zero-order chi connectivity index (χ0) is 22.0. The highest BCUT2D eigenvalue weighted by atomic mass is 16.3. The van der Waals surface area contributed by atoms with Crippen LogP contribution < -0.4 is 10.2 Å². The second kappa shape index (κ2) is 8.89. The summed E-state index contributed by atoms with van der Waals surface area (Å²) in [7, 11) is 0. The largest absolute Gasteiger partial charge is 0.507 e. The molecule has 0 radical (unpaired) electrons. The topological polar surface area (TPSA) is 98.6 Å². The minimum Gasteiger partial charge on any atom is -0.507 e. The quantitative estimate of drug-likeness (QED) is 0.583. The van der Waals surface area contributed by atoms with Crippen molar-refractivity contribution in [2.45, 2.75) is 45.3 Å². The summed E-state index contributed by atoms with van der Waals surface area (Å²) in [5.41, 5.74) is 2.55. The van der Waals surface area contributed by atoms with Crippen molar-refractivity contribution in [3.8, 4) is 17.1 Å². The molecule has 2 heterocycles. The van der Waals surface area contributed by atoms with Crippen LogP contribution in [0.4, 0.5) is 5.82 Å². The fraction of sp³-hybridized carbons (Fsp3) is 0.375. The molecule has 1 aliphatic heterocycles. The number of hydrogen-bond donors (Lipinski definition) is 3. The van der Waals surface area contributed by atoms with Gasteiger partial charge in [-0.15, -0.1) is 0 Å². The fourth-order valence-corrected chi connectivity index (χ4v) is 3.97.